The molecule has 1 aromatic carbocycles. The molecule has 0 bridgehead atoms. The maximum absolute atomic E-state index is 11.3. The molecule has 2 aromatic rings. The lowest BCUT2D eigenvalue weighted by Crippen LogP contribution is -2.09. The van der Waals surface area contributed by atoms with E-state index in [1.54, 1.807) is 11.8 Å². The predicted molar refractivity (Wildman–Crippen MR) is 71.1 cm³/mol. The number of benzene rings is 1. The highest BCUT2D eigenvalue weighted by molar-refractivity contribution is 7.99. The highest BCUT2D eigenvalue weighted by Gasteiger charge is 2.02. The third-order valence-electron chi connectivity index (χ3n) is 2.20. The number of aromatic nitrogens is 2. The van der Waals surface area contributed by atoms with Crippen LogP contribution in [0.15, 0.2) is 40.0 Å². The second kappa shape index (κ2) is 5.05. The molecule has 0 aliphatic rings. The van der Waals surface area contributed by atoms with E-state index in [4.69, 9.17) is 5.73 Å². The second-order valence-corrected chi connectivity index (χ2v) is 4.81. The molecule has 0 atom stereocenters. The summed E-state index contributed by atoms with van der Waals surface area (Å²) in [5.41, 5.74) is 6.16. The number of thioether (sulfide) groups is 1. The average Bonchev–Trinajstić information content (AvgIpc) is 2.29. The smallest absolute Gasteiger partial charge is 0.253 e. The Morgan fingerprint density at radius 1 is 1.35 bits per heavy atom. The van der Waals surface area contributed by atoms with E-state index >= 15 is 0 Å². The van der Waals surface area contributed by atoms with Crippen molar-refractivity contribution in [1.29, 1.82) is 0 Å². The van der Waals surface area contributed by atoms with Crippen molar-refractivity contribution in [3.8, 4) is 11.4 Å². The molecule has 0 saturated carbocycles. The fourth-order valence-corrected chi connectivity index (χ4v) is 2.15. The van der Waals surface area contributed by atoms with E-state index in [1.807, 2.05) is 24.3 Å². The molecule has 0 amide bonds. The van der Waals surface area contributed by atoms with E-state index in [9.17, 15) is 4.79 Å². The van der Waals surface area contributed by atoms with Crippen LogP contribution in [-0.2, 0) is 0 Å². The Kier molecular flexibility index (Phi) is 3.49. The zero-order valence-corrected chi connectivity index (χ0v) is 10.3. The lowest BCUT2D eigenvalue weighted by atomic mass is 10.2. The van der Waals surface area contributed by atoms with E-state index in [0.29, 0.717) is 5.82 Å². The van der Waals surface area contributed by atoms with Gasteiger partial charge in [0.1, 0.15) is 11.6 Å². The number of nitrogens with one attached hydrogen (secondary N) is 1. The third kappa shape index (κ3) is 2.88. The van der Waals surface area contributed by atoms with E-state index in [1.165, 1.54) is 11.0 Å². The summed E-state index contributed by atoms with van der Waals surface area (Å²) in [6.45, 7) is 2.11. The van der Waals surface area contributed by atoms with Gasteiger partial charge in [0, 0.05) is 16.5 Å². The molecule has 1 aromatic heterocycles. The summed E-state index contributed by atoms with van der Waals surface area (Å²) in [5, 5.41) is 0. The highest BCUT2D eigenvalue weighted by Crippen LogP contribution is 2.21. The van der Waals surface area contributed by atoms with Crippen molar-refractivity contribution >= 4 is 17.6 Å². The Labute approximate surface area is 103 Å². The number of rotatable bonds is 3. The number of nitrogen functional groups attached to an aromatic ring is 1. The van der Waals surface area contributed by atoms with Crippen LogP contribution in [0.3, 0.4) is 0 Å². The van der Waals surface area contributed by atoms with Gasteiger partial charge in [-0.1, -0.05) is 19.1 Å². The quantitative estimate of drug-likeness (QED) is 0.815. The number of hydrogen-bond donors (Lipinski definition) is 2. The molecule has 4 nitrogen and oxygen atoms in total. The summed E-state index contributed by atoms with van der Waals surface area (Å²) in [6, 6.07) is 9.13. The maximum Gasteiger partial charge on any atom is 0.253 e. The molecule has 0 radical (unpaired) electrons. The topological polar surface area (TPSA) is 71.8 Å². The molecular weight excluding hydrogens is 234 g/mol. The molecule has 5 heteroatoms. The van der Waals surface area contributed by atoms with Crippen molar-refractivity contribution < 1.29 is 0 Å². The van der Waals surface area contributed by atoms with Crippen LogP contribution in [0.4, 0.5) is 5.82 Å². The lowest BCUT2D eigenvalue weighted by Gasteiger charge is -2.03. The highest BCUT2D eigenvalue weighted by atomic mass is 32.2. The van der Waals surface area contributed by atoms with Gasteiger partial charge in [-0.2, -0.15) is 0 Å². The van der Waals surface area contributed by atoms with Gasteiger partial charge in [0.2, 0.25) is 0 Å². The number of anilines is 1. The van der Waals surface area contributed by atoms with Gasteiger partial charge in [0.05, 0.1) is 0 Å². The molecule has 0 fully saturated rings. The number of hydrogen-bond acceptors (Lipinski definition) is 4. The minimum absolute atomic E-state index is 0.232. The van der Waals surface area contributed by atoms with Crippen LogP contribution < -0.4 is 11.3 Å². The maximum atomic E-state index is 11.3. The summed E-state index contributed by atoms with van der Waals surface area (Å²) in [6.07, 6.45) is 0. The van der Waals surface area contributed by atoms with Crippen molar-refractivity contribution in [1.82, 2.24) is 9.97 Å². The molecule has 88 valence electrons. The fourth-order valence-electron chi connectivity index (χ4n) is 1.49. The Balaban J connectivity index is 2.36. The Morgan fingerprint density at radius 3 is 2.65 bits per heavy atom. The third-order valence-corrected chi connectivity index (χ3v) is 3.09. The van der Waals surface area contributed by atoms with Gasteiger partial charge in [-0.15, -0.1) is 11.8 Å². The normalized spacial score (nSPS) is 10.4. The first-order valence-electron chi connectivity index (χ1n) is 5.29. The van der Waals surface area contributed by atoms with Crippen molar-refractivity contribution in [3.63, 3.8) is 0 Å². The summed E-state index contributed by atoms with van der Waals surface area (Å²) in [4.78, 5) is 19.2. The van der Waals surface area contributed by atoms with Crippen LogP contribution in [-0.4, -0.2) is 15.7 Å². The van der Waals surface area contributed by atoms with Gasteiger partial charge >= 0.3 is 0 Å². The number of aromatic amines is 1. The van der Waals surface area contributed by atoms with E-state index < -0.39 is 0 Å². The van der Waals surface area contributed by atoms with Crippen molar-refractivity contribution in [2.75, 3.05) is 11.5 Å². The summed E-state index contributed by atoms with van der Waals surface area (Å²) in [5.74, 6) is 1.77. The first kappa shape index (κ1) is 11.7. The molecule has 17 heavy (non-hydrogen) atoms. The van der Waals surface area contributed by atoms with Crippen molar-refractivity contribution in [2.45, 2.75) is 11.8 Å². The molecule has 0 aliphatic heterocycles. The Bertz CT molecular complexity index is 563. The fraction of sp³-hybridized carbons (Fsp3) is 0.167. The van der Waals surface area contributed by atoms with Crippen LogP contribution >= 0.6 is 11.8 Å². The summed E-state index contributed by atoms with van der Waals surface area (Å²) in [7, 11) is 0. The first-order chi connectivity index (χ1) is 8.19. The first-order valence-corrected chi connectivity index (χ1v) is 6.27. The number of nitrogens with zero attached hydrogens (tertiary/aromatic N) is 1. The van der Waals surface area contributed by atoms with Crippen LogP contribution in [0.5, 0.6) is 0 Å². The van der Waals surface area contributed by atoms with Gasteiger partial charge in [-0.05, 0) is 17.9 Å². The average molecular weight is 247 g/mol. The van der Waals surface area contributed by atoms with E-state index in [-0.39, 0.29) is 11.4 Å². The number of nitrogens with two attached hydrogens (primary N) is 1. The molecule has 0 unspecified atom stereocenters. The van der Waals surface area contributed by atoms with Gasteiger partial charge in [-0.3, -0.25) is 4.79 Å². The van der Waals surface area contributed by atoms with Crippen LogP contribution in [0.1, 0.15) is 6.92 Å². The minimum atomic E-state index is -0.237. The van der Waals surface area contributed by atoms with E-state index in [2.05, 4.69) is 16.9 Å². The van der Waals surface area contributed by atoms with Crippen LogP contribution in [0, 0.1) is 0 Å². The SMILES string of the molecule is CCSc1ccc(-c2nc(N)cc(=O)[nH]2)cc1. The van der Waals surface area contributed by atoms with E-state index in [0.717, 1.165) is 11.3 Å². The minimum Gasteiger partial charge on any atom is -0.383 e. The molecule has 1 heterocycles. The lowest BCUT2D eigenvalue weighted by molar-refractivity contribution is 1.13. The zero-order chi connectivity index (χ0) is 12.3. The van der Waals surface area contributed by atoms with Gasteiger partial charge in [-0.25, -0.2) is 4.98 Å². The van der Waals surface area contributed by atoms with Crippen LogP contribution in [0.25, 0.3) is 11.4 Å². The van der Waals surface area contributed by atoms with Crippen molar-refractivity contribution in [3.05, 3.63) is 40.7 Å². The number of H-pyrrole nitrogens is 1. The van der Waals surface area contributed by atoms with Gasteiger partial charge < -0.3 is 10.7 Å². The Morgan fingerprint density at radius 2 is 2.06 bits per heavy atom. The molecule has 0 spiro atoms. The molecule has 3 N–H and O–H groups in total. The van der Waals surface area contributed by atoms with Gasteiger partial charge in [0.25, 0.3) is 5.56 Å². The van der Waals surface area contributed by atoms with Gasteiger partial charge in [0.15, 0.2) is 0 Å². The Hall–Kier alpha value is -1.75. The summed E-state index contributed by atoms with van der Waals surface area (Å²) >= 11 is 1.77. The second-order valence-electron chi connectivity index (χ2n) is 3.48. The monoisotopic (exact) mass is 247 g/mol. The molecule has 0 aliphatic carbocycles. The molecule has 2 rings (SSSR count). The largest absolute Gasteiger partial charge is 0.383 e. The van der Waals surface area contributed by atoms with Crippen molar-refractivity contribution in [2.24, 2.45) is 0 Å². The zero-order valence-electron chi connectivity index (χ0n) is 9.43. The molecular formula is C12H13N3OS. The molecule has 0 saturated heterocycles. The predicted octanol–water partition coefficient (Wildman–Crippen LogP) is 2.13. The standard InChI is InChI=1S/C12H13N3OS/c1-2-17-9-5-3-8(4-6-9)12-14-10(13)7-11(16)15-12/h3-7H,2H2,1H3,(H3,13,14,15,16). The van der Waals surface area contributed by atoms with Crippen LogP contribution in [0.2, 0.25) is 0 Å². The summed E-state index contributed by atoms with van der Waals surface area (Å²) < 4.78 is 0.